The Morgan fingerprint density at radius 1 is 1.35 bits per heavy atom. The molecule has 0 heterocycles. The van der Waals surface area contributed by atoms with Crippen LogP contribution in [0, 0.1) is 0 Å². The van der Waals surface area contributed by atoms with E-state index in [1.807, 2.05) is 11.1 Å². The van der Waals surface area contributed by atoms with E-state index in [1.165, 1.54) is 11.1 Å². The van der Waals surface area contributed by atoms with Crippen LogP contribution in [-0.4, -0.2) is 7.11 Å². The first kappa shape index (κ1) is 14.2. The summed E-state index contributed by atoms with van der Waals surface area (Å²) in [4.78, 5) is 1.91. The van der Waals surface area contributed by atoms with E-state index >= 15 is 0 Å². The van der Waals surface area contributed by atoms with Crippen LogP contribution in [-0.2, 0) is 11.2 Å². The number of hydrogen-bond acceptors (Lipinski definition) is 1. The Labute approximate surface area is 112 Å². The van der Waals surface area contributed by atoms with Gasteiger partial charge >= 0.3 is 0 Å². The van der Waals surface area contributed by atoms with Gasteiger partial charge in [-0.15, -0.1) is 6.58 Å². The van der Waals surface area contributed by atoms with Gasteiger partial charge in [-0.3, -0.25) is 0 Å². The number of ether oxygens (including phenoxy) is 1. The fourth-order valence-corrected chi connectivity index (χ4v) is 2.00. The average Bonchev–Trinajstić information content (AvgIpc) is 2.37. The molecule has 0 aliphatic carbocycles. The number of allylic oxidation sites excluding steroid dienone is 1. The molecule has 0 aromatic heterocycles. The van der Waals surface area contributed by atoms with Crippen molar-refractivity contribution < 1.29 is 4.74 Å². The zero-order valence-corrected chi connectivity index (χ0v) is 11.8. The number of aryl methyl sites for hydroxylation is 1. The van der Waals surface area contributed by atoms with Gasteiger partial charge in [-0.1, -0.05) is 52.3 Å². The minimum Gasteiger partial charge on any atom is -0.376 e. The Morgan fingerprint density at radius 2 is 2.06 bits per heavy atom. The van der Waals surface area contributed by atoms with Crippen LogP contribution in [0.1, 0.15) is 30.1 Å². The molecular formula is C15H19BrO. The molecule has 1 rings (SSSR count). The Balaban J connectivity index is 2.62. The van der Waals surface area contributed by atoms with E-state index < -0.39 is 0 Å². The van der Waals surface area contributed by atoms with Crippen molar-refractivity contribution in [1.82, 2.24) is 0 Å². The molecule has 0 fully saturated rings. The number of benzene rings is 1. The maximum atomic E-state index is 5.43. The fraction of sp³-hybridized carbons (Fsp3) is 0.333. The number of hydrogen-bond donors (Lipinski definition) is 0. The molecule has 0 bridgehead atoms. The van der Waals surface area contributed by atoms with Crippen molar-refractivity contribution >= 4 is 15.9 Å². The predicted molar refractivity (Wildman–Crippen MR) is 77.4 cm³/mol. The number of methoxy groups -OCH3 is 1. The highest BCUT2D eigenvalue weighted by molar-refractivity contribution is 9.11. The van der Waals surface area contributed by atoms with Gasteiger partial charge in [0.25, 0.3) is 0 Å². The van der Waals surface area contributed by atoms with Crippen molar-refractivity contribution in [2.45, 2.75) is 25.4 Å². The van der Waals surface area contributed by atoms with E-state index in [9.17, 15) is 0 Å². The van der Waals surface area contributed by atoms with E-state index in [0.29, 0.717) is 0 Å². The predicted octanol–water partition coefficient (Wildman–Crippen LogP) is 4.79. The Morgan fingerprint density at radius 3 is 2.59 bits per heavy atom. The standard InChI is InChI=1S/C15H19BrO/c1-3-6-15(17-2)14-10-8-13(9-11-14)7-4-5-12-16/h3,5,8-12,15H,1,4,6-7H2,2H3/b12-5+. The van der Waals surface area contributed by atoms with Gasteiger partial charge in [0.15, 0.2) is 0 Å². The summed E-state index contributed by atoms with van der Waals surface area (Å²) in [5, 5.41) is 0. The SMILES string of the molecule is C=CCC(OC)c1ccc(CC/C=C/Br)cc1. The van der Waals surface area contributed by atoms with Gasteiger partial charge < -0.3 is 4.74 Å². The number of halogens is 1. The summed E-state index contributed by atoms with van der Waals surface area (Å²) in [7, 11) is 1.74. The minimum absolute atomic E-state index is 0.129. The normalized spacial score (nSPS) is 12.8. The summed E-state index contributed by atoms with van der Waals surface area (Å²) in [5.74, 6) is 0. The summed E-state index contributed by atoms with van der Waals surface area (Å²) in [6.07, 6.45) is 7.12. The number of rotatable bonds is 7. The second-order valence-electron chi connectivity index (χ2n) is 3.89. The summed E-state index contributed by atoms with van der Waals surface area (Å²) < 4.78 is 5.43. The highest BCUT2D eigenvalue weighted by Crippen LogP contribution is 2.21. The summed E-state index contributed by atoms with van der Waals surface area (Å²) >= 11 is 3.27. The third kappa shape index (κ3) is 4.88. The van der Waals surface area contributed by atoms with Gasteiger partial charge in [0.1, 0.15) is 0 Å². The summed E-state index contributed by atoms with van der Waals surface area (Å²) in [6.45, 7) is 3.75. The lowest BCUT2D eigenvalue weighted by atomic mass is 10.0. The van der Waals surface area contributed by atoms with Gasteiger partial charge in [0.05, 0.1) is 6.10 Å². The van der Waals surface area contributed by atoms with Crippen molar-refractivity contribution in [3.05, 3.63) is 59.1 Å². The molecule has 0 aliphatic rings. The van der Waals surface area contributed by atoms with Crippen molar-refractivity contribution in [2.24, 2.45) is 0 Å². The summed E-state index contributed by atoms with van der Waals surface area (Å²) in [6, 6.07) is 8.63. The van der Waals surface area contributed by atoms with Crippen LogP contribution >= 0.6 is 15.9 Å². The molecule has 0 spiro atoms. The Bertz CT molecular complexity index is 354. The molecule has 17 heavy (non-hydrogen) atoms. The van der Waals surface area contributed by atoms with Gasteiger partial charge in [0, 0.05) is 7.11 Å². The summed E-state index contributed by atoms with van der Waals surface area (Å²) in [5.41, 5.74) is 2.57. The van der Waals surface area contributed by atoms with Crippen LogP contribution in [0.5, 0.6) is 0 Å². The van der Waals surface area contributed by atoms with Crippen LogP contribution < -0.4 is 0 Å². The van der Waals surface area contributed by atoms with Gasteiger partial charge in [-0.25, -0.2) is 0 Å². The first-order valence-corrected chi connectivity index (χ1v) is 6.71. The van der Waals surface area contributed by atoms with E-state index in [2.05, 4.69) is 52.9 Å². The van der Waals surface area contributed by atoms with Crippen molar-refractivity contribution in [2.75, 3.05) is 7.11 Å². The van der Waals surface area contributed by atoms with Crippen molar-refractivity contribution in [3.8, 4) is 0 Å². The molecule has 0 amide bonds. The highest BCUT2D eigenvalue weighted by Gasteiger charge is 2.07. The van der Waals surface area contributed by atoms with Crippen LogP contribution in [0.4, 0.5) is 0 Å². The fourth-order valence-electron chi connectivity index (χ4n) is 1.73. The molecule has 1 unspecified atom stereocenters. The third-order valence-corrected chi connectivity index (χ3v) is 3.08. The molecule has 0 N–H and O–H groups in total. The molecule has 92 valence electrons. The average molecular weight is 295 g/mol. The lowest BCUT2D eigenvalue weighted by Gasteiger charge is -2.14. The smallest absolute Gasteiger partial charge is 0.0855 e. The van der Waals surface area contributed by atoms with Crippen LogP contribution in [0.2, 0.25) is 0 Å². The van der Waals surface area contributed by atoms with Gasteiger partial charge in [-0.2, -0.15) is 0 Å². The minimum atomic E-state index is 0.129. The molecule has 0 radical (unpaired) electrons. The monoisotopic (exact) mass is 294 g/mol. The van der Waals surface area contributed by atoms with E-state index in [0.717, 1.165) is 19.3 Å². The lowest BCUT2D eigenvalue weighted by molar-refractivity contribution is 0.106. The molecule has 0 saturated heterocycles. The second kappa shape index (κ2) is 8.26. The topological polar surface area (TPSA) is 9.23 Å². The first-order valence-electron chi connectivity index (χ1n) is 5.79. The Hall–Kier alpha value is -0.860. The van der Waals surface area contributed by atoms with Crippen LogP contribution in [0.15, 0.2) is 48.0 Å². The van der Waals surface area contributed by atoms with E-state index in [4.69, 9.17) is 4.74 Å². The molecule has 2 heteroatoms. The zero-order chi connectivity index (χ0) is 12.5. The largest absolute Gasteiger partial charge is 0.376 e. The van der Waals surface area contributed by atoms with E-state index in [1.54, 1.807) is 7.11 Å². The third-order valence-electron chi connectivity index (χ3n) is 2.71. The lowest BCUT2D eigenvalue weighted by Crippen LogP contribution is -2.00. The van der Waals surface area contributed by atoms with E-state index in [-0.39, 0.29) is 6.10 Å². The molecule has 1 aromatic carbocycles. The van der Waals surface area contributed by atoms with Crippen molar-refractivity contribution in [1.29, 1.82) is 0 Å². The maximum Gasteiger partial charge on any atom is 0.0855 e. The molecule has 0 saturated carbocycles. The van der Waals surface area contributed by atoms with Crippen LogP contribution in [0.3, 0.4) is 0 Å². The molecular weight excluding hydrogens is 276 g/mol. The quantitative estimate of drug-likeness (QED) is 0.657. The van der Waals surface area contributed by atoms with Gasteiger partial charge in [-0.05, 0) is 35.4 Å². The molecule has 0 aliphatic heterocycles. The first-order chi connectivity index (χ1) is 8.31. The highest BCUT2D eigenvalue weighted by atomic mass is 79.9. The van der Waals surface area contributed by atoms with Crippen LogP contribution in [0.25, 0.3) is 0 Å². The van der Waals surface area contributed by atoms with Crippen molar-refractivity contribution in [3.63, 3.8) is 0 Å². The molecule has 1 atom stereocenters. The van der Waals surface area contributed by atoms with Gasteiger partial charge in [0.2, 0.25) is 0 Å². The zero-order valence-electron chi connectivity index (χ0n) is 10.2. The second-order valence-corrected chi connectivity index (χ2v) is 4.42. The maximum absolute atomic E-state index is 5.43. The molecule has 1 nitrogen and oxygen atoms in total. The molecule has 1 aromatic rings. The Kier molecular flexibility index (Phi) is 6.90.